The zero-order valence-electron chi connectivity index (χ0n) is 16.0. The van der Waals surface area contributed by atoms with Crippen molar-refractivity contribution >= 4 is 38.9 Å². The molecule has 0 atom stereocenters. The molecule has 152 valence electrons. The predicted molar refractivity (Wildman–Crippen MR) is 117 cm³/mol. The number of halogens is 1. The van der Waals surface area contributed by atoms with Gasteiger partial charge in [-0.15, -0.1) is 0 Å². The maximum atomic E-state index is 12.9. The average Bonchev–Trinajstić information content (AvgIpc) is 2.75. The van der Waals surface area contributed by atoms with Crippen LogP contribution >= 0.6 is 11.6 Å². The molecule has 0 radical (unpaired) electrons. The van der Waals surface area contributed by atoms with E-state index in [0.29, 0.717) is 28.4 Å². The van der Waals surface area contributed by atoms with E-state index < -0.39 is 10.0 Å². The lowest BCUT2D eigenvalue weighted by molar-refractivity contribution is 0.102. The average molecular weight is 440 g/mol. The van der Waals surface area contributed by atoms with Gasteiger partial charge in [-0.2, -0.15) is 5.26 Å². The van der Waals surface area contributed by atoms with Crippen molar-refractivity contribution in [2.75, 3.05) is 16.7 Å². The molecule has 0 aliphatic carbocycles. The van der Waals surface area contributed by atoms with Gasteiger partial charge < -0.3 is 5.32 Å². The van der Waals surface area contributed by atoms with Crippen molar-refractivity contribution in [2.24, 2.45) is 0 Å². The Morgan fingerprint density at radius 1 is 1.07 bits per heavy atom. The number of carbonyl (C=O) groups excluding carboxylic acids is 1. The highest BCUT2D eigenvalue weighted by Crippen LogP contribution is 2.24. The molecule has 0 aliphatic heterocycles. The minimum absolute atomic E-state index is 0.0988. The first kappa shape index (κ1) is 21.4. The largest absolute Gasteiger partial charge is 0.322 e. The van der Waals surface area contributed by atoms with E-state index in [9.17, 15) is 13.2 Å². The van der Waals surface area contributed by atoms with Gasteiger partial charge in [-0.05, 0) is 60.2 Å². The SMILES string of the molecule is CN(c1cccc(C(=O)Nc2ccc(CC#N)cc2)c1)S(=O)(=O)c1ccc(Cl)cc1. The molecule has 1 amide bonds. The van der Waals surface area contributed by atoms with E-state index in [-0.39, 0.29) is 10.8 Å². The Morgan fingerprint density at radius 3 is 2.37 bits per heavy atom. The summed E-state index contributed by atoms with van der Waals surface area (Å²) < 4.78 is 26.8. The molecular formula is C22H18ClN3O3S. The third kappa shape index (κ3) is 4.79. The van der Waals surface area contributed by atoms with Crippen LogP contribution in [0.15, 0.2) is 77.7 Å². The van der Waals surface area contributed by atoms with Gasteiger partial charge in [0, 0.05) is 23.3 Å². The maximum absolute atomic E-state index is 12.9. The summed E-state index contributed by atoms with van der Waals surface area (Å²) in [6, 6.07) is 21.2. The van der Waals surface area contributed by atoms with Gasteiger partial charge in [0.1, 0.15) is 0 Å². The Labute approximate surface area is 180 Å². The van der Waals surface area contributed by atoms with Crippen LogP contribution in [0.1, 0.15) is 15.9 Å². The van der Waals surface area contributed by atoms with Crippen molar-refractivity contribution in [3.8, 4) is 6.07 Å². The molecule has 0 bridgehead atoms. The standard InChI is InChI=1S/C22H18ClN3O3S/c1-26(30(28,29)21-11-7-18(23)8-12-21)20-4-2-3-17(15-20)22(27)25-19-9-5-16(6-10-19)13-14-24/h2-12,15H,13H2,1H3,(H,25,27). The van der Waals surface area contributed by atoms with Crippen molar-refractivity contribution in [2.45, 2.75) is 11.3 Å². The second-order valence-corrected chi connectivity index (χ2v) is 8.87. The van der Waals surface area contributed by atoms with Crippen LogP contribution in [0.4, 0.5) is 11.4 Å². The summed E-state index contributed by atoms with van der Waals surface area (Å²) in [7, 11) is -2.38. The highest BCUT2D eigenvalue weighted by molar-refractivity contribution is 7.92. The normalized spacial score (nSPS) is 10.8. The third-order valence-electron chi connectivity index (χ3n) is 4.44. The van der Waals surface area contributed by atoms with Gasteiger partial charge >= 0.3 is 0 Å². The fourth-order valence-corrected chi connectivity index (χ4v) is 4.06. The maximum Gasteiger partial charge on any atom is 0.264 e. The Bertz CT molecular complexity index is 1200. The van der Waals surface area contributed by atoms with E-state index in [0.717, 1.165) is 9.87 Å². The van der Waals surface area contributed by atoms with Crippen LogP contribution in [-0.4, -0.2) is 21.4 Å². The van der Waals surface area contributed by atoms with Gasteiger partial charge in [-0.3, -0.25) is 9.10 Å². The molecule has 0 heterocycles. The van der Waals surface area contributed by atoms with Gasteiger partial charge in [0.25, 0.3) is 15.9 Å². The van der Waals surface area contributed by atoms with E-state index in [1.165, 1.54) is 37.4 Å². The molecule has 6 nitrogen and oxygen atoms in total. The number of rotatable bonds is 6. The van der Waals surface area contributed by atoms with E-state index >= 15 is 0 Å². The van der Waals surface area contributed by atoms with Crippen molar-refractivity contribution in [3.05, 3.63) is 88.9 Å². The Kier molecular flexibility index (Phi) is 6.40. The van der Waals surface area contributed by atoms with E-state index in [4.69, 9.17) is 16.9 Å². The summed E-state index contributed by atoms with van der Waals surface area (Å²) in [5.74, 6) is -0.373. The minimum Gasteiger partial charge on any atom is -0.322 e. The molecule has 1 N–H and O–H groups in total. The lowest BCUT2D eigenvalue weighted by Crippen LogP contribution is -2.26. The zero-order chi connectivity index (χ0) is 21.7. The third-order valence-corrected chi connectivity index (χ3v) is 6.49. The fraction of sp³-hybridized carbons (Fsp3) is 0.0909. The zero-order valence-corrected chi connectivity index (χ0v) is 17.6. The highest BCUT2D eigenvalue weighted by atomic mass is 35.5. The molecule has 0 saturated heterocycles. The highest BCUT2D eigenvalue weighted by Gasteiger charge is 2.22. The van der Waals surface area contributed by atoms with Crippen molar-refractivity contribution < 1.29 is 13.2 Å². The summed E-state index contributed by atoms with van der Waals surface area (Å²) in [5, 5.41) is 11.9. The molecule has 3 aromatic carbocycles. The summed E-state index contributed by atoms with van der Waals surface area (Å²) in [4.78, 5) is 12.7. The van der Waals surface area contributed by atoms with Crippen LogP contribution in [0.5, 0.6) is 0 Å². The number of benzene rings is 3. The molecule has 0 saturated carbocycles. The first-order valence-electron chi connectivity index (χ1n) is 8.93. The number of nitrogens with one attached hydrogen (secondary N) is 1. The predicted octanol–water partition coefficient (Wildman–Crippen LogP) is 4.48. The van der Waals surface area contributed by atoms with Gasteiger partial charge in [-0.1, -0.05) is 29.8 Å². The molecule has 0 aliphatic rings. The molecule has 3 rings (SSSR count). The van der Waals surface area contributed by atoms with Crippen LogP contribution in [0.25, 0.3) is 0 Å². The molecule has 0 aromatic heterocycles. The van der Waals surface area contributed by atoms with Crippen LogP contribution in [0.2, 0.25) is 5.02 Å². The molecule has 30 heavy (non-hydrogen) atoms. The number of anilines is 2. The Morgan fingerprint density at radius 2 is 1.73 bits per heavy atom. The second kappa shape index (κ2) is 8.99. The van der Waals surface area contributed by atoms with Crippen LogP contribution in [0.3, 0.4) is 0 Å². The van der Waals surface area contributed by atoms with E-state index in [1.807, 2.05) is 0 Å². The monoisotopic (exact) mass is 439 g/mol. The molecule has 0 fully saturated rings. The number of hydrogen-bond acceptors (Lipinski definition) is 4. The van der Waals surface area contributed by atoms with Gasteiger partial charge in [0.2, 0.25) is 0 Å². The number of nitrogens with zero attached hydrogens (tertiary/aromatic N) is 2. The first-order chi connectivity index (χ1) is 14.3. The number of nitriles is 1. The van der Waals surface area contributed by atoms with Crippen molar-refractivity contribution in [1.29, 1.82) is 5.26 Å². The van der Waals surface area contributed by atoms with E-state index in [1.54, 1.807) is 42.5 Å². The lowest BCUT2D eigenvalue weighted by Gasteiger charge is -2.20. The number of hydrogen-bond donors (Lipinski definition) is 1. The van der Waals surface area contributed by atoms with Gasteiger partial charge in [0.05, 0.1) is 23.1 Å². The molecule has 8 heteroatoms. The summed E-state index contributed by atoms with van der Waals surface area (Å²) in [5.41, 5.74) is 2.09. The Hall–Kier alpha value is -3.34. The Balaban J connectivity index is 1.80. The van der Waals surface area contributed by atoms with Crippen LogP contribution < -0.4 is 9.62 Å². The van der Waals surface area contributed by atoms with Crippen LogP contribution in [-0.2, 0) is 16.4 Å². The van der Waals surface area contributed by atoms with Gasteiger partial charge in [-0.25, -0.2) is 8.42 Å². The second-order valence-electron chi connectivity index (χ2n) is 6.46. The summed E-state index contributed by atoms with van der Waals surface area (Å²) in [6.07, 6.45) is 0.296. The first-order valence-corrected chi connectivity index (χ1v) is 10.7. The minimum atomic E-state index is -3.80. The van der Waals surface area contributed by atoms with E-state index in [2.05, 4.69) is 11.4 Å². The smallest absolute Gasteiger partial charge is 0.264 e. The molecule has 3 aromatic rings. The lowest BCUT2D eigenvalue weighted by atomic mass is 10.1. The van der Waals surface area contributed by atoms with Crippen molar-refractivity contribution in [3.63, 3.8) is 0 Å². The number of carbonyl (C=O) groups is 1. The summed E-state index contributed by atoms with van der Waals surface area (Å²) >= 11 is 5.84. The fourth-order valence-electron chi connectivity index (χ4n) is 2.75. The quantitative estimate of drug-likeness (QED) is 0.612. The molecule has 0 spiro atoms. The molecule has 0 unspecified atom stereocenters. The van der Waals surface area contributed by atoms with Gasteiger partial charge in [0.15, 0.2) is 0 Å². The number of amides is 1. The summed E-state index contributed by atoms with van der Waals surface area (Å²) in [6.45, 7) is 0. The van der Waals surface area contributed by atoms with Crippen LogP contribution in [0, 0.1) is 11.3 Å². The number of sulfonamides is 1. The topological polar surface area (TPSA) is 90.3 Å². The van der Waals surface area contributed by atoms with Crippen molar-refractivity contribution in [1.82, 2.24) is 0 Å². The molecular weight excluding hydrogens is 422 g/mol.